The van der Waals surface area contributed by atoms with Gasteiger partial charge >= 0.3 is 0 Å². The number of nitrogens with one attached hydrogen (secondary N) is 1. The molecule has 35 heavy (non-hydrogen) atoms. The van der Waals surface area contributed by atoms with Crippen LogP contribution in [0.4, 0.5) is 5.95 Å². The molecule has 4 aromatic rings. The molecule has 5 rings (SSSR count). The highest BCUT2D eigenvalue weighted by atomic mass is 35.5. The molecule has 0 spiro atoms. The van der Waals surface area contributed by atoms with Gasteiger partial charge in [-0.05, 0) is 19.1 Å². The van der Waals surface area contributed by atoms with Crippen LogP contribution in [-0.2, 0) is 16.0 Å². The van der Waals surface area contributed by atoms with E-state index < -0.39 is 6.29 Å². The molecule has 0 aliphatic carbocycles. The summed E-state index contributed by atoms with van der Waals surface area (Å²) in [6.07, 6.45) is 1.73. The minimum Gasteiger partial charge on any atom is -0.357 e. The molecular formula is C24H25ClN6O3S. The summed E-state index contributed by atoms with van der Waals surface area (Å²) >= 11 is 8.27. The first-order chi connectivity index (χ1) is 16.9. The highest BCUT2D eigenvalue weighted by molar-refractivity contribution is 7.09. The van der Waals surface area contributed by atoms with Gasteiger partial charge in [-0.15, -0.1) is 11.3 Å². The fourth-order valence-electron chi connectivity index (χ4n) is 4.03. The third-order valence-corrected chi connectivity index (χ3v) is 6.89. The summed E-state index contributed by atoms with van der Waals surface area (Å²) in [7, 11) is 1.73. The van der Waals surface area contributed by atoms with Gasteiger partial charge in [0, 0.05) is 58.7 Å². The fourth-order valence-corrected chi connectivity index (χ4v) is 4.93. The lowest BCUT2D eigenvalue weighted by atomic mass is 10.0. The summed E-state index contributed by atoms with van der Waals surface area (Å²) < 4.78 is 13.0. The molecule has 11 heteroatoms. The molecular weight excluding hydrogens is 488 g/mol. The van der Waals surface area contributed by atoms with Gasteiger partial charge in [0.1, 0.15) is 5.65 Å². The summed E-state index contributed by atoms with van der Waals surface area (Å²) in [5, 5.41) is 7.09. The Morgan fingerprint density at radius 2 is 2.03 bits per heavy atom. The summed E-state index contributed by atoms with van der Waals surface area (Å²) in [6, 6.07) is 7.28. The molecule has 4 heterocycles. The predicted octanol–water partition coefficient (Wildman–Crippen LogP) is 3.68. The van der Waals surface area contributed by atoms with E-state index in [0.29, 0.717) is 53.9 Å². The maximum atomic E-state index is 13.7. The number of halogens is 1. The van der Waals surface area contributed by atoms with E-state index in [-0.39, 0.29) is 11.6 Å². The highest BCUT2D eigenvalue weighted by Crippen LogP contribution is 2.32. The lowest BCUT2D eigenvalue weighted by molar-refractivity contribution is -0.189. The Bertz CT molecular complexity index is 1430. The molecule has 0 unspecified atom stereocenters. The Morgan fingerprint density at radius 3 is 2.71 bits per heavy atom. The third kappa shape index (κ3) is 4.93. The van der Waals surface area contributed by atoms with Crippen molar-refractivity contribution in [3.8, 4) is 22.4 Å². The number of hydrogen-bond donors (Lipinski definition) is 2. The average Bonchev–Trinajstić information content (AvgIpc) is 3.30. The van der Waals surface area contributed by atoms with E-state index in [4.69, 9.17) is 26.8 Å². The fraction of sp³-hybridized carbons (Fsp3) is 0.333. The summed E-state index contributed by atoms with van der Waals surface area (Å²) in [4.78, 5) is 27.1. The standard InChI is InChI=1S/C24H25ClN6O3S/c1-13-29-20(12-35-13)14-3-4-17(19(25)8-14)18-7-15-9-28-24(27-2)30-22(15)31(23(18)32)6-5-21-33-10-16(26)11-34-21/h3-4,7-9,12,16,21H,5-6,10-11,26H2,1-2H3,(H,27,28,30). The van der Waals surface area contributed by atoms with E-state index in [1.165, 1.54) is 0 Å². The van der Waals surface area contributed by atoms with Crippen molar-refractivity contribution in [2.24, 2.45) is 5.73 Å². The van der Waals surface area contributed by atoms with Crippen molar-refractivity contribution in [1.82, 2.24) is 19.5 Å². The van der Waals surface area contributed by atoms with Crippen molar-refractivity contribution in [2.75, 3.05) is 25.6 Å². The minimum atomic E-state index is -0.435. The Labute approximate surface area is 210 Å². The van der Waals surface area contributed by atoms with Gasteiger partial charge in [-0.2, -0.15) is 4.98 Å². The Balaban J connectivity index is 1.56. The average molecular weight is 513 g/mol. The van der Waals surface area contributed by atoms with E-state index >= 15 is 0 Å². The third-order valence-electron chi connectivity index (χ3n) is 5.81. The van der Waals surface area contributed by atoms with E-state index in [1.807, 2.05) is 30.5 Å². The molecule has 0 atom stereocenters. The number of fused-ring (bicyclic) bond motifs is 1. The Kier molecular flexibility index (Phi) is 6.81. The zero-order valence-electron chi connectivity index (χ0n) is 19.3. The van der Waals surface area contributed by atoms with Crippen molar-refractivity contribution >= 4 is 39.9 Å². The van der Waals surface area contributed by atoms with Gasteiger partial charge in [-0.1, -0.05) is 23.7 Å². The number of pyridine rings is 1. The molecule has 3 aromatic heterocycles. The number of aromatic nitrogens is 4. The number of benzene rings is 1. The van der Waals surface area contributed by atoms with Crippen LogP contribution in [0.5, 0.6) is 0 Å². The van der Waals surface area contributed by atoms with Crippen molar-refractivity contribution in [3.63, 3.8) is 0 Å². The Hall–Kier alpha value is -2.89. The molecule has 1 aliphatic rings. The molecule has 0 radical (unpaired) electrons. The van der Waals surface area contributed by atoms with Crippen LogP contribution in [0.3, 0.4) is 0 Å². The van der Waals surface area contributed by atoms with E-state index in [2.05, 4.69) is 20.3 Å². The van der Waals surface area contributed by atoms with Crippen LogP contribution in [0, 0.1) is 6.92 Å². The minimum absolute atomic E-state index is 0.137. The predicted molar refractivity (Wildman–Crippen MR) is 138 cm³/mol. The van der Waals surface area contributed by atoms with Gasteiger partial charge in [0.15, 0.2) is 6.29 Å². The largest absolute Gasteiger partial charge is 0.357 e. The number of ether oxygens (including phenoxy) is 2. The molecule has 1 fully saturated rings. The van der Waals surface area contributed by atoms with Crippen LogP contribution in [0.1, 0.15) is 11.4 Å². The second-order valence-electron chi connectivity index (χ2n) is 8.33. The second-order valence-corrected chi connectivity index (χ2v) is 9.80. The van der Waals surface area contributed by atoms with Crippen LogP contribution in [-0.4, -0.2) is 52.1 Å². The van der Waals surface area contributed by atoms with Gasteiger partial charge in [0.05, 0.1) is 30.0 Å². The first-order valence-electron chi connectivity index (χ1n) is 11.2. The van der Waals surface area contributed by atoms with E-state index in [0.717, 1.165) is 21.7 Å². The van der Waals surface area contributed by atoms with Crippen molar-refractivity contribution < 1.29 is 9.47 Å². The zero-order chi connectivity index (χ0) is 24.5. The van der Waals surface area contributed by atoms with Gasteiger partial charge in [0.2, 0.25) is 5.95 Å². The SMILES string of the molecule is CNc1ncc2cc(-c3ccc(-c4csc(C)n4)cc3Cl)c(=O)n(CCC3OCC(N)CO3)c2n1. The lowest BCUT2D eigenvalue weighted by Crippen LogP contribution is -2.41. The first kappa shape index (κ1) is 23.8. The molecule has 9 nitrogen and oxygen atoms in total. The second kappa shape index (κ2) is 10.00. The monoisotopic (exact) mass is 512 g/mol. The molecule has 0 amide bonds. The van der Waals surface area contributed by atoms with Crippen LogP contribution in [0.15, 0.2) is 40.6 Å². The number of hydrogen-bond acceptors (Lipinski definition) is 9. The molecule has 1 saturated heterocycles. The van der Waals surface area contributed by atoms with Crippen molar-refractivity contribution in [2.45, 2.75) is 32.2 Å². The summed E-state index contributed by atoms with van der Waals surface area (Å²) in [6.45, 7) is 3.15. The molecule has 1 aromatic carbocycles. The number of aryl methyl sites for hydroxylation is 2. The van der Waals surface area contributed by atoms with Gasteiger partial charge in [-0.3, -0.25) is 9.36 Å². The van der Waals surface area contributed by atoms with Crippen LogP contribution >= 0.6 is 22.9 Å². The Morgan fingerprint density at radius 1 is 1.23 bits per heavy atom. The molecule has 0 saturated carbocycles. The molecule has 182 valence electrons. The normalized spacial score (nSPS) is 18.2. The smallest absolute Gasteiger partial charge is 0.260 e. The van der Waals surface area contributed by atoms with E-state index in [9.17, 15) is 4.79 Å². The summed E-state index contributed by atoms with van der Waals surface area (Å²) in [5.74, 6) is 0.426. The summed E-state index contributed by atoms with van der Waals surface area (Å²) in [5.41, 5.74) is 9.02. The number of nitrogens with two attached hydrogens (primary N) is 1. The van der Waals surface area contributed by atoms with Gasteiger partial charge in [0.25, 0.3) is 5.56 Å². The number of anilines is 1. The van der Waals surface area contributed by atoms with Crippen LogP contribution < -0.4 is 16.6 Å². The highest BCUT2D eigenvalue weighted by Gasteiger charge is 2.21. The maximum absolute atomic E-state index is 13.7. The number of nitrogens with zero attached hydrogens (tertiary/aromatic N) is 4. The number of rotatable bonds is 6. The van der Waals surface area contributed by atoms with Crippen molar-refractivity contribution in [3.05, 3.63) is 56.2 Å². The van der Waals surface area contributed by atoms with Crippen LogP contribution in [0.2, 0.25) is 5.02 Å². The molecule has 3 N–H and O–H groups in total. The first-order valence-corrected chi connectivity index (χ1v) is 12.5. The molecule has 0 bridgehead atoms. The quantitative estimate of drug-likeness (QED) is 0.402. The van der Waals surface area contributed by atoms with Gasteiger partial charge < -0.3 is 20.5 Å². The van der Waals surface area contributed by atoms with Crippen molar-refractivity contribution in [1.29, 1.82) is 0 Å². The number of thiazole rings is 1. The topological polar surface area (TPSA) is 117 Å². The lowest BCUT2D eigenvalue weighted by Gasteiger charge is -2.27. The van der Waals surface area contributed by atoms with Gasteiger partial charge in [-0.25, -0.2) is 9.97 Å². The molecule has 1 aliphatic heterocycles. The zero-order valence-corrected chi connectivity index (χ0v) is 20.9. The van der Waals surface area contributed by atoms with Crippen LogP contribution in [0.25, 0.3) is 33.4 Å². The maximum Gasteiger partial charge on any atom is 0.260 e. The van der Waals surface area contributed by atoms with E-state index in [1.54, 1.807) is 35.2 Å².